The third-order valence-corrected chi connectivity index (χ3v) is 7.11. The Labute approximate surface area is 165 Å². The lowest BCUT2D eigenvalue weighted by atomic mass is 9.95. The van der Waals surface area contributed by atoms with Crippen molar-refractivity contribution in [3.05, 3.63) is 48.0 Å². The average molecular weight is 386 g/mol. The van der Waals surface area contributed by atoms with Crippen molar-refractivity contribution in [3.63, 3.8) is 0 Å². The van der Waals surface area contributed by atoms with Crippen molar-refractivity contribution < 1.29 is 4.21 Å². The van der Waals surface area contributed by atoms with Crippen molar-refractivity contribution in [2.24, 2.45) is 4.99 Å². The lowest BCUT2D eigenvalue weighted by Crippen LogP contribution is -2.47. The first-order chi connectivity index (χ1) is 13.2. The van der Waals surface area contributed by atoms with Gasteiger partial charge in [0, 0.05) is 41.4 Å². The Kier molecular flexibility index (Phi) is 7.27. The largest absolute Gasteiger partial charge is 0.356 e. The lowest BCUT2D eigenvalue weighted by Gasteiger charge is -2.30. The molecule has 3 unspecified atom stereocenters. The van der Waals surface area contributed by atoms with Crippen molar-refractivity contribution in [1.29, 1.82) is 0 Å². The summed E-state index contributed by atoms with van der Waals surface area (Å²) in [6, 6.07) is 15.5. The highest BCUT2D eigenvalue weighted by atomic mass is 32.2. The molecular weight excluding hydrogens is 354 g/mol. The van der Waals surface area contributed by atoms with E-state index in [-0.39, 0.29) is 0 Å². The minimum Gasteiger partial charge on any atom is -0.356 e. The molecule has 3 rings (SSSR count). The Morgan fingerprint density at radius 3 is 2.78 bits per heavy atom. The van der Waals surface area contributed by atoms with E-state index in [0.29, 0.717) is 11.3 Å². The zero-order valence-electron chi connectivity index (χ0n) is 16.4. The van der Waals surface area contributed by atoms with Gasteiger partial charge in [0.25, 0.3) is 0 Å². The van der Waals surface area contributed by atoms with Gasteiger partial charge in [0.2, 0.25) is 0 Å². The van der Waals surface area contributed by atoms with Crippen LogP contribution in [0.15, 0.2) is 47.5 Å². The third-order valence-electron chi connectivity index (χ3n) is 5.37. The fourth-order valence-electron chi connectivity index (χ4n) is 3.86. The number of hydrogen-bond acceptors (Lipinski definition) is 2. The van der Waals surface area contributed by atoms with Crippen molar-refractivity contribution in [2.75, 3.05) is 19.3 Å². The number of hydrogen-bond donors (Lipinski definition) is 2. The molecule has 0 aliphatic heterocycles. The van der Waals surface area contributed by atoms with E-state index < -0.39 is 10.8 Å². The molecule has 0 spiro atoms. The molecule has 0 amide bonds. The van der Waals surface area contributed by atoms with E-state index in [1.54, 1.807) is 0 Å². The molecule has 0 aromatic heterocycles. The van der Waals surface area contributed by atoms with Crippen LogP contribution in [0.1, 0.15) is 38.2 Å². The molecule has 27 heavy (non-hydrogen) atoms. The van der Waals surface area contributed by atoms with Crippen LogP contribution < -0.4 is 10.6 Å². The number of fused-ring (bicyclic) bond motifs is 1. The second-order valence-electron chi connectivity index (χ2n) is 7.23. The zero-order valence-corrected chi connectivity index (χ0v) is 17.2. The van der Waals surface area contributed by atoms with Crippen LogP contribution in [0, 0.1) is 0 Å². The number of aliphatic imine (C=N–C) groups is 1. The molecule has 0 heterocycles. The van der Waals surface area contributed by atoms with Gasteiger partial charge < -0.3 is 10.6 Å². The highest BCUT2D eigenvalue weighted by molar-refractivity contribution is 7.85. The maximum atomic E-state index is 12.1. The molecule has 2 aromatic carbocycles. The van der Waals surface area contributed by atoms with Crippen LogP contribution in [-0.2, 0) is 17.2 Å². The summed E-state index contributed by atoms with van der Waals surface area (Å²) in [5, 5.41) is 9.87. The summed E-state index contributed by atoms with van der Waals surface area (Å²) in [6.07, 6.45) is 5.29. The molecule has 2 aromatic rings. The number of guanidine groups is 1. The second kappa shape index (κ2) is 9.88. The van der Waals surface area contributed by atoms with Crippen molar-refractivity contribution in [3.8, 4) is 0 Å². The van der Waals surface area contributed by atoms with Crippen LogP contribution in [0.3, 0.4) is 0 Å². The van der Waals surface area contributed by atoms with Gasteiger partial charge >= 0.3 is 0 Å². The van der Waals surface area contributed by atoms with Crippen molar-refractivity contribution >= 4 is 27.5 Å². The molecule has 1 aliphatic rings. The van der Waals surface area contributed by atoms with Crippen molar-refractivity contribution in [1.82, 2.24) is 10.6 Å². The zero-order chi connectivity index (χ0) is 19.1. The molecule has 1 aliphatic carbocycles. The molecule has 1 fully saturated rings. The van der Waals surface area contributed by atoms with Crippen LogP contribution in [-0.4, -0.2) is 40.8 Å². The van der Waals surface area contributed by atoms with Gasteiger partial charge in [-0.25, -0.2) is 0 Å². The van der Waals surface area contributed by atoms with E-state index in [0.717, 1.165) is 50.4 Å². The minimum atomic E-state index is -0.693. The van der Waals surface area contributed by atoms with Gasteiger partial charge in [0.15, 0.2) is 5.96 Å². The van der Waals surface area contributed by atoms with Crippen LogP contribution in [0.5, 0.6) is 0 Å². The smallest absolute Gasteiger partial charge is 0.191 e. The van der Waals surface area contributed by atoms with E-state index in [4.69, 9.17) is 0 Å². The maximum absolute atomic E-state index is 12.1. The van der Waals surface area contributed by atoms with Gasteiger partial charge in [0.1, 0.15) is 0 Å². The lowest BCUT2D eigenvalue weighted by molar-refractivity contribution is 0.413. The molecule has 1 saturated carbocycles. The average Bonchev–Trinajstić information content (AvgIpc) is 2.72. The Balaban J connectivity index is 1.49. The van der Waals surface area contributed by atoms with E-state index in [9.17, 15) is 4.21 Å². The van der Waals surface area contributed by atoms with Crippen LogP contribution in [0.4, 0.5) is 0 Å². The second-order valence-corrected chi connectivity index (χ2v) is 9.24. The first-order valence-corrected chi connectivity index (χ1v) is 11.4. The van der Waals surface area contributed by atoms with Crippen LogP contribution in [0.2, 0.25) is 0 Å². The standard InChI is InChI=1S/C22H31N3OS/c1-3-27(26)21-10-6-9-20(16-21)25-22(23-2)24-14-13-17-11-12-18-7-4-5-8-19(18)15-17/h4-5,7-8,11-12,15,20-21H,3,6,9-10,13-14,16H2,1-2H3,(H2,23,24,25). The summed E-state index contributed by atoms with van der Waals surface area (Å²) in [4.78, 5) is 4.37. The normalized spacial score (nSPS) is 21.8. The predicted molar refractivity (Wildman–Crippen MR) is 117 cm³/mol. The summed E-state index contributed by atoms with van der Waals surface area (Å²) in [7, 11) is 1.12. The Morgan fingerprint density at radius 1 is 1.19 bits per heavy atom. The number of rotatable bonds is 6. The highest BCUT2D eigenvalue weighted by Gasteiger charge is 2.25. The summed E-state index contributed by atoms with van der Waals surface area (Å²) in [6.45, 7) is 2.86. The fraction of sp³-hybridized carbons (Fsp3) is 0.500. The number of nitrogens with zero attached hydrogens (tertiary/aromatic N) is 1. The van der Waals surface area contributed by atoms with E-state index >= 15 is 0 Å². The summed E-state index contributed by atoms with van der Waals surface area (Å²) in [5.41, 5.74) is 1.33. The fourth-order valence-corrected chi connectivity index (χ4v) is 5.21. The molecular formula is C22H31N3OS. The number of nitrogens with one attached hydrogen (secondary N) is 2. The van der Waals surface area contributed by atoms with Gasteiger partial charge in [-0.15, -0.1) is 0 Å². The minimum absolute atomic E-state index is 0.331. The summed E-state index contributed by atoms with van der Waals surface area (Å²) >= 11 is 0. The molecule has 0 saturated heterocycles. The third kappa shape index (κ3) is 5.55. The quantitative estimate of drug-likeness (QED) is 0.590. The summed E-state index contributed by atoms with van der Waals surface area (Å²) < 4.78 is 12.1. The molecule has 0 radical (unpaired) electrons. The van der Waals surface area contributed by atoms with Gasteiger partial charge in [-0.1, -0.05) is 55.8 Å². The van der Waals surface area contributed by atoms with E-state index in [1.165, 1.54) is 16.3 Å². The monoisotopic (exact) mass is 385 g/mol. The first-order valence-electron chi connectivity index (χ1n) is 10.0. The van der Waals surface area contributed by atoms with Crippen molar-refractivity contribution in [2.45, 2.75) is 50.3 Å². The van der Waals surface area contributed by atoms with Gasteiger partial charge in [-0.3, -0.25) is 9.20 Å². The van der Waals surface area contributed by atoms with Gasteiger partial charge in [0.05, 0.1) is 0 Å². The maximum Gasteiger partial charge on any atom is 0.191 e. The molecule has 146 valence electrons. The molecule has 2 N–H and O–H groups in total. The first kappa shape index (κ1) is 19.9. The molecule has 3 atom stereocenters. The highest BCUT2D eigenvalue weighted by Crippen LogP contribution is 2.23. The topological polar surface area (TPSA) is 53.5 Å². The Hall–Kier alpha value is -1.88. The number of benzene rings is 2. The van der Waals surface area contributed by atoms with E-state index in [1.807, 2.05) is 14.0 Å². The van der Waals surface area contributed by atoms with Crippen LogP contribution in [0.25, 0.3) is 10.8 Å². The Bertz CT molecular complexity index is 805. The molecule has 5 heteroatoms. The SMILES string of the molecule is CCS(=O)C1CCCC(NC(=NC)NCCc2ccc3ccccc3c2)C1. The summed E-state index contributed by atoms with van der Waals surface area (Å²) in [5.74, 6) is 1.61. The molecule has 0 bridgehead atoms. The van der Waals surface area contributed by atoms with E-state index in [2.05, 4.69) is 58.1 Å². The Morgan fingerprint density at radius 2 is 2.00 bits per heavy atom. The molecule has 4 nitrogen and oxygen atoms in total. The van der Waals surface area contributed by atoms with Gasteiger partial charge in [-0.05, 0) is 42.0 Å². The van der Waals surface area contributed by atoms with Crippen LogP contribution >= 0.6 is 0 Å². The predicted octanol–water partition coefficient (Wildman–Crippen LogP) is 3.63. The van der Waals surface area contributed by atoms with Gasteiger partial charge in [-0.2, -0.15) is 0 Å².